The zero-order chi connectivity index (χ0) is 26.7. The van der Waals surface area contributed by atoms with E-state index in [1.54, 1.807) is 18.2 Å². The Morgan fingerprint density at radius 2 is 1.76 bits per heavy atom. The highest BCUT2D eigenvalue weighted by atomic mass is 19.4. The molecule has 192 valence electrons. The number of likely N-dealkylation sites (tertiary alicyclic amines) is 1. The molecule has 1 fully saturated rings. The summed E-state index contributed by atoms with van der Waals surface area (Å²) in [5.74, 6) is -1.28. The molecule has 0 atom stereocenters. The van der Waals surface area contributed by atoms with E-state index in [1.165, 1.54) is 18.3 Å². The Labute approximate surface area is 209 Å². The molecule has 0 amide bonds. The number of carbonyl (C=O) groups is 1. The van der Waals surface area contributed by atoms with Gasteiger partial charge in [-0.2, -0.15) is 18.3 Å². The number of aryl methyl sites for hydroxylation is 2. The molecule has 37 heavy (non-hydrogen) atoms. The van der Waals surface area contributed by atoms with Gasteiger partial charge < -0.3 is 9.88 Å². The predicted octanol–water partition coefficient (Wildman–Crippen LogP) is 4.92. The van der Waals surface area contributed by atoms with Gasteiger partial charge in [-0.15, -0.1) is 0 Å². The highest BCUT2D eigenvalue weighted by molar-refractivity contribution is 5.98. The molecule has 4 aromatic rings. The van der Waals surface area contributed by atoms with Crippen molar-refractivity contribution < 1.29 is 22.4 Å². The number of alkyl halides is 3. The van der Waals surface area contributed by atoms with Crippen LogP contribution in [0, 0.1) is 19.7 Å². The van der Waals surface area contributed by atoms with E-state index in [2.05, 4.69) is 10.1 Å². The van der Waals surface area contributed by atoms with Crippen LogP contribution in [0.25, 0.3) is 16.8 Å². The maximum absolute atomic E-state index is 14.2. The number of nitrogens with one attached hydrogen (secondary N) is 1. The lowest BCUT2D eigenvalue weighted by Crippen LogP contribution is -2.58. The van der Waals surface area contributed by atoms with E-state index in [4.69, 9.17) is 0 Å². The summed E-state index contributed by atoms with van der Waals surface area (Å²) in [5, 5.41) is 3.99. The zero-order valence-corrected chi connectivity index (χ0v) is 20.4. The first kappa shape index (κ1) is 24.9. The molecular formula is C27H24F4N4O2. The third kappa shape index (κ3) is 4.35. The summed E-state index contributed by atoms with van der Waals surface area (Å²) in [6, 6.07) is 11.0. The number of aromatic amines is 1. The molecule has 0 radical (unpaired) electrons. The van der Waals surface area contributed by atoms with Gasteiger partial charge in [0, 0.05) is 24.9 Å². The zero-order valence-electron chi connectivity index (χ0n) is 20.4. The quantitative estimate of drug-likeness (QED) is 0.305. The molecule has 0 aliphatic carbocycles. The molecule has 0 saturated carbocycles. The first-order valence-electron chi connectivity index (χ1n) is 11.7. The average Bonchev–Trinajstić information content (AvgIpc) is 3.21. The minimum absolute atomic E-state index is 0.266. The Morgan fingerprint density at radius 1 is 1.08 bits per heavy atom. The van der Waals surface area contributed by atoms with Crippen molar-refractivity contribution in [2.24, 2.45) is 0 Å². The number of likely N-dealkylation sites (N-methyl/N-ethyl adjacent to an activating group) is 1. The molecule has 0 spiro atoms. The van der Waals surface area contributed by atoms with Crippen molar-refractivity contribution in [3.05, 3.63) is 92.8 Å². The number of hydrogen-bond acceptors (Lipinski definition) is 4. The Hall–Kier alpha value is -3.79. The van der Waals surface area contributed by atoms with Crippen LogP contribution in [0.15, 0.2) is 53.5 Å². The van der Waals surface area contributed by atoms with E-state index in [9.17, 15) is 27.2 Å². The molecular weight excluding hydrogens is 488 g/mol. The van der Waals surface area contributed by atoms with Crippen molar-refractivity contribution in [1.29, 1.82) is 0 Å². The smallest absolute Gasteiger partial charge is 0.319 e. The van der Waals surface area contributed by atoms with Gasteiger partial charge in [0.25, 0.3) is 5.56 Å². The number of ketones is 1. The molecule has 6 nitrogen and oxygen atoms in total. The first-order valence-corrected chi connectivity index (χ1v) is 11.7. The number of benzene rings is 2. The molecule has 1 N–H and O–H groups in total. The molecule has 2 aromatic heterocycles. The summed E-state index contributed by atoms with van der Waals surface area (Å²) in [4.78, 5) is 30.7. The van der Waals surface area contributed by atoms with Gasteiger partial charge in [-0.25, -0.2) is 8.91 Å². The van der Waals surface area contributed by atoms with Crippen LogP contribution in [0.2, 0.25) is 0 Å². The fourth-order valence-corrected chi connectivity index (χ4v) is 5.18. The van der Waals surface area contributed by atoms with Gasteiger partial charge in [0.05, 0.1) is 11.9 Å². The maximum atomic E-state index is 14.2. The standard InChI is InChI=1S/C27H24F4N4O2/c1-15-4-5-17(10-16(15)2)20-12-35-24(25(37)32-20)22(27(29,30)31)23(33-35)21(36)11-26(13-34(3)14-26)18-6-8-19(28)9-7-18/h4-10,12H,11,13-14H2,1-3H3,(H,32,37). The van der Waals surface area contributed by atoms with Gasteiger partial charge in [-0.3, -0.25) is 9.59 Å². The van der Waals surface area contributed by atoms with Crippen LogP contribution in [-0.4, -0.2) is 45.4 Å². The van der Waals surface area contributed by atoms with Crippen LogP contribution in [0.3, 0.4) is 0 Å². The Morgan fingerprint density at radius 3 is 2.35 bits per heavy atom. The van der Waals surface area contributed by atoms with Gasteiger partial charge in [-0.05, 0) is 61.3 Å². The molecule has 0 unspecified atom stereocenters. The van der Waals surface area contributed by atoms with Gasteiger partial charge in [0.2, 0.25) is 0 Å². The van der Waals surface area contributed by atoms with Crippen LogP contribution in [0.4, 0.5) is 17.6 Å². The number of hydrogen-bond donors (Lipinski definition) is 1. The van der Waals surface area contributed by atoms with E-state index in [0.29, 0.717) is 24.2 Å². The van der Waals surface area contributed by atoms with Gasteiger partial charge >= 0.3 is 6.18 Å². The van der Waals surface area contributed by atoms with Crippen molar-refractivity contribution in [1.82, 2.24) is 19.5 Å². The lowest BCUT2D eigenvalue weighted by molar-refractivity contribution is -0.136. The van der Waals surface area contributed by atoms with Gasteiger partial charge in [-0.1, -0.05) is 24.3 Å². The average molecular weight is 513 g/mol. The number of fused-ring (bicyclic) bond motifs is 1. The van der Waals surface area contributed by atoms with Crippen molar-refractivity contribution in [2.75, 3.05) is 20.1 Å². The second kappa shape index (κ2) is 8.65. The second-order valence-corrected chi connectivity index (χ2v) is 9.87. The first-order chi connectivity index (χ1) is 17.4. The predicted molar refractivity (Wildman–Crippen MR) is 130 cm³/mol. The molecule has 5 rings (SSSR count). The fraction of sp³-hybridized carbons (Fsp3) is 0.296. The van der Waals surface area contributed by atoms with Crippen LogP contribution in [0.1, 0.15) is 39.2 Å². The summed E-state index contributed by atoms with van der Waals surface area (Å²) >= 11 is 0. The van der Waals surface area contributed by atoms with Crippen LogP contribution < -0.4 is 5.56 Å². The fourth-order valence-electron chi connectivity index (χ4n) is 5.18. The van der Waals surface area contributed by atoms with E-state index >= 15 is 0 Å². The molecule has 1 aliphatic rings. The van der Waals surface area contributed by atoms with Crippen molar-refractivity contribution >= 4 is 11.3 Å². The normalized spacial score (nSPS) is 15.6. The van der Waals surface area contributed by atoms with Crippen molar-refractivity contribution in [3.63, 3.8) is 0 Å². The minimum atomic E-state index is -4.98. The van der Waals surface area contributed by atoms with E-state index in [1.807, 2.05) is 37.9 Å². The number of Topliss-reactive ketones (excluding diaryl/α,β-unsaturated/α-hetero) is 1. The third-order valence-corrected chi connectivity index (χ3v) is 7.09. The topological polar surface area (TPSA) is 70.5 Å². The number of H-pyrrole nitrogens is 1. The number of aromatic nitrogens is 3. The Bertz CT molecular complexity index is 1580. The number of carbonyl (C=O) groups excluding carboxylic acids is 1. The summed E-state index contributed by atoms with van der Waals surface area (Å²) in [5.41, 5.74) is -1.15. The Balaban J connectivity index is 1.61. The number of halogens is 4. The van der Waals surface area contributed by atoms with Crippen LogP contribution >= 0.6 is 0 Å². The lowest BCUT2D eigenvalue weighted by atomic mass is 9.70. The molecule has 0 bridgehead atoms. The van der Waals surface area contributed by atoms with Crippen LogP contribution in [-0.2, 0) is 11.6 Å². The summed E-state index contributed by atoms with van der Waals surface area (Å²) in [6.07, 6.45) is -3.96. The van der Waals surface area contributed by atoms with Gasteiger partial charge in [0.1, 0.15) is 22.6 Å². The highest BCUT2D eigenvalue weighted by Gasteiger charge is 2.47. The Kier molecular flexibility index (Phi) is 5.82. The third-order valence-electron chi connectivity index (χ3n) is 7.09. The second-order valence-electron chi connectivity index (χ2n) is 9.87. The molecule has 3 heterocycles. The van der Waals surface area contributed by atoms with E-state index in [0.717, 1.165) is 15.6 Å². The van der Waals surface area contributed by atoms with E-state index < -0.39 is 45.5 Å². The summed E-state index contributed by atoms with van der Waals surface area (Å²) in [6.45, 7) is 4.63. The largest absolute Gasteiger partial charge is 0.420 e. The minimum Gasteiger partial charge on any atom is -0.319 e. The van der Waals surface area contributed by atoms with Crippen molar-refractivity contribution in [3.8, 4) is 11.3 Å². The maximum Gasteiger partial charge on any atom is 0.420 e. The van der Waals surface area contributed by atoms with Crippen molar-refractivity contribution in [2.45, 2.75) is 31.9 Å². The SMILES string of the molecule is Cc1ccc(-c2cn3nc(C(=O)CC4(c5ccc(F)cc5)CN(C)C4)c(C(F)(F)F)c3c(=O)[nH]2)cc1C. The summed E-state index contributed by atoms with van der Waals surface area (Å²) in [7, 11) is 1.83. The summed E-state index contributed by atoms with van der Waals surface area (Å²) < 4.78 is 57.0. The number of rotatable bonds is 5. The lowest BCUT2D eigenvalue weighted by Gasteiger charge is -2.49. The van der Waals surface area contributed by atoms with Gasteiger partial charge in [0.15, 0.2) is 5.78 Å². The molecule has 1 aliphatic heterocycles. The van der Waals surface area contributed by atoms with E-state index in [-0.39, 0.29) is 12.1 Å². The number of nitrogens with zero attached hydrogens (tertiary/aromatic N) is 3. The molecule has 1 saturated heterocycles. The van der Waals surface area contributed by atoms with Crippen LogP contribution in [0.5, 0.6) is 0 Å². The monoisotopic (exact) mass is 512 g/mol. The molecule has 10 heteroatoms. The molecule has 2 aromatic carbocycles. The highest BCUT2D eigenvalue weighted by Crippen LogP contribution is 2.40.